The molecule has 1 amide bonds. The monoisotopic (exact) mass is 435 g/mol. The number of fused-ring (bicyclic) bond motifs is 3. The van der Waals surface area contributed by atoms with Gasteiger partial charge < -0.3 is 10.3 Å². The second-order valence-corrected chi connectivity index (χ2v) is 8.90. The maximum absolute atomic E-state index is 12.4. The topological polar surface area (TPSA) is 82.2 Å². The van der Waals surface area contributed by atoms with E-state index in [1.807, 2.05) is 24.4 Å². The highest BCUT2D eigenvalue weighted by atomic mass is 35.5. The molecule has 0 radical (unpaired) electrons. The normalized spacial score (nSPS) is 30.7. The molecule has 29 heavy (non-hydrogen) atoms. The number of hydrogen-bond acceptors (Lipinski definition) is 4. The minimum absolute atomic E-state index is 0. The van der Waals surface area contributed by atoms with Gasteiger partial charge in [0.25, 0.3) is 5.91 Å². The smallest absolute Gasteiger partial charge is 0.276 e. The van der Waals surface area contributed by atoms with Gasteiger partial charge in [0.2, 0.25) is 5.96 Å². The van der Waals surface area contributed by atoms with Gasteiger partial charge >= 0.3 is 0 Å². The van der Waals surface area contributed by atoms with Gasteiger partial charge in [0.1, 0.15) is 11.3 Å². The number of guanidine groups is 1. The van der Waals surface area contributed by atoms with Gasteiger partial charge in [-0.2, -0.15) is 0 Å². The lowest BCUT2D eigenvalue weighted by atomic mass is 9.69. The molecule has 0 saturated heterocycles. The molecule has 2 fully saturated rings. The predicted octanol–water partition coefficient (Wildman–Crippen LogP) is 4.04. The first-order chi connectivity index (χ1) is 12.9. The number of halogens is 2. The zero-order chi connectivity index (χ0) is 18.8. The molecule has 5 rings (SSSR count). The highest BCUT2D eigenvalue weighted by molar-refractivity contribution is 6.14. The van der Waals surface area contributed by atoms with E-state index in [1.165, 1.54) is 12.8 Å². The maximum Gasteiger partial charge on any atom is 0.276 e. The van der Waals surface area contributed by atoms with Crippen LogP contribution in [-0.2, 0) is 4.79 Å². The third-order valence-corrected chi connectivity index (χ3v) is 7.58. The van der Waals surface area contributed by atoms with Crippen molar-refractivity contribution in [3.8, 4) is 0 Å². The third-order valence-electron chi connectivity index (χ3n) is 7.58. The number of nitrogens with one attached hydrogen (secondary N) is 3. The van der Waals surface area contributed by atoms with Crippen LogP contribution in [0.25, 0.3) is 17.1 Å². The summed E-state index contributed by atoms with van der Waals surface area (Å²) in [5, 5.41) is 7.42. The predicted molar refractivity (Wildman–Crippen MR) is 120 cm³/mol. The van der Waals surface area contributed by atoms with Gasteiger partial charge in [0.05, 0.1) is 0 Å². The molecule has 2 bridgehead atoms. The molecule has 2 aliphatic carbocycles. The van der Waals surface area contributed by atoms with Crippen LogP contribution in [0.1, 0.15) is 45.6 Å². The van der Waals surface area contributed by atoms with Gasteiger partial charge in [-0.05, 0) is 54.2 Å². The molecule has 3 N–H and O–H groups in total. The van der Waals surface area contributed by atoms with Crippen molar-refractivity contribution in [2.75, 3.05) is 0 Å². The molecule has 0 unspecified atom stereocenters. The first kappa shape index (κ1) is 21.7. The number of nitrogens with zero attached hydrogens (tertiary/aromatic N) is 2. The largest absolute Gasteiger partial charge is 0.352 e. The lowest BCUT2D eigenvalue weighted by molar-refractivity contribution is -0.115. The Labute approximate surface area is 182 Å². The van der Waals surface area contributed by atoms with Crippen LogP contribution in [-0.4, -0.2) is 27.9 Å². The van der Waals surface area contributed by atoms with E-state index in [1.54, 1.807) is 6.20 Å². The van der Waals surface area contributed by atoms with Gasteiger partial charge in [-0.15, -0.1) is 24.8 Å². The van der Waals surface area contributed by atoms with E-state index in [9.17, 15) is 4.79 Å². The van der Waals surface area contributed by atoms with E-state index in [0.717, 1.165) is 28.9 Å². The summed E-state index contributed by atoms with van der Waals surface area (Å²) in [4.78, 5) is 24.4. The van der Waals surface area contributed by atoms with Crippen molar-refractivity contribution in [2.45, 2.75) is 46.1 Å². The molecule has 2 aromatic rings. The number of hydrogen-bond donors (Lipinski definition) is 3. The zero-order valence-corrected chi connectivity index (χ0v) is 18.4. The van der Waals surface area contributed by atoms with E-state index in [0.29, 0.717) is 23.1 Å². The fourth-order valence-electron chi connectivity index (χ4n) is 5.37. The molecule has 1 aliphatic heterocycles. The van der Waals surface area contributed by atoms with E-state index >= 15 is 0 Å². The first-order valence-electron chi connectivity index (χ1n) is 9.69. The Balaban J connectivity index is 0.00000120. The van der Waals surface area contributed by atoms with Crippen LogP contribution < -0.4 is 10.6 Å². The Hall–Kier alpha value is -2.05. The van der Waals surface area contributed by atoms with E-state index in [-0.39, 0.29) is 36.1 Å². The van der Waals surface area contributed by atoms with E-state index < -0.39 is 0 Å². The van der Waals surface area contributed by atoms with Gasteiger partial charge in [0.15, 0.2) is 0 Å². The molecule has 3 heterocycles. The summed E-state index contributed by atoms with van der Waals surface area (Å²) in [5.41, 5.74) is 2.71. The van der Waals surface area contributed by atoms with Gasteiger partial charge in [-0.25, -0.2) is 9.98 Å². The quantitative estimate of drug-likeness (QED) is 0.622. The molecular weight excluding hydrogens is 409 g/mol. The summed E-state index contributed by atoms with van der Waals surface area (Å²) in [7, 11) is 0. The highest BCUT2D eigenvalue weighted by Gasteiger charge is 2.61. The van der Waals surface area contributed by atoms with Crippen molar-refractivity contribution in [3.63, 3.8) is 0 Å². The third kappa shape index (κ3) is 3.13. The fourth-order valence-corrected chi connectivity index (χ4v) is 5.37. The summed E-state index contributed by atoms with van der Waals surface area (Å²) in [6, 6.07) is 4.22. The molecule has 0 aromatic carbocycles. The average molecular weight is 436 g/mol. The Kier molecular flexibility index (Phi) is 5.47. The molecule has 2 saturated carbocycles. The number of aliphatic imine (C=N–C) groups is 1. The summed E-state index contributed by atoms with van der Waals surface area (Å²) in [5.74, 6) is 1.16. The zero-order valence-electron chi connectivity index (χ0n) is 16.8. The van der Waals surface area contributed by atoms with Crippen molar-refractivity contribution in [1.29, 1.82) is 0 Å². The molecule has 3 atom stereocenters. The minimum atomic E-state index is -0.164. The lowest BCUT2D eigenvalue weighted by Crippen LogP contribution is -2.50. The highest BCUT2D eigenvalue weighted by Crippen LogP contribution is 2.65. The first-order valence-corrected chi connectivity index (χ1v) is 9.69. The molecule has 0 spiro atoms. The van der Waals surface area contributed by atoms with Crippen molar-refractivity contribution in [1.82, 2.24) is 20.6 Å². The van der Waals surface area contributed by atoms with E-state index in [4.69, 9.17) is 0 Å². The number of aromatic amines is 1. The lowest BCUT2D eigenvalue weighted by Gasteiger charge is -2.39. The minimum Gasteiger partial charge on any atom is -0.352 e. The number of H-pyrrole nitrogens is 1. The molecule has 3 aliphatic rings. The summed E-state index contributed by atoms with van der Waals surface area (Å²) in [6.45, 7) is 7.15. The van der Waals surface area contributed by atoms with Crippen LogP contribution >= 0.6 is 24.8 Å². The van der Waals surface area contributed by atoms with Crippen LogP contribution in [0.3, 0.4) is 0 Å². The molecular formula is C21H27Cl2N5O. The Morgan fingerprint density at radius 2 is 2.07 bits per heavy atom. The summed E-state index contributed by atoms with van der Waals surface area (Å²) in [6.07, 6.45) is 9.10. The van der Waals surface area contributed by atoms with E-state index in [2.05, 4.69) is 46.4 Å². The van der Waals surface area contributed by atoms with Crippen LogP contribution in [0.15, 0.2) is 35.2 Å². The number of rotatable bonds is 2. The van der Waals surface area contributed by atoms with Crippen molar-refractivity contribution in [3.05, 3.63) is 35.8 Å². The molecule has 8 heteroatoms. The van der Waals surface area contributed by atoms with Crippen LogP contribution in [0.5, 0.6) is 0 Å². The van der Waals surface area contributed by atoms with Crippen LogP contribution in [0.4, 0.5) is 0 Å². The Morgan fingerprint density at radius 3 is 2.76 bits per heavy atom. The molecule has 2 aromatic heterocycles. The number of carbonyl (C=O) groups excluding carboxylic acids is 1. The standard InChI is InChI=1S/C21H25N5O.2ClH/c1-20(2)13-6-7-21(20,3)16(10-13)25-19-24-15(18(27)26-19)9-12-11-23-17-14(12)5-4-8-22-17;;/h4-5,8-9,11,13,16H,6-7,10H2,1-3H3,(H,22,23)(H2,24,25,26,27);2*1H/t13-,16+,21+;;/m1../s1. The van der Waals surface area contributed by atoms with Crippen molar-refractivity contribution >= 4 is 53.8 Å². The van der Waals surface area contributed by atoms with Crippen molar-refractivity contribution in [2.24, 2.45) is 21.7 Å². The summed E-state index contributed by atoms with van der Waals surface area (Å²) >= 11 is 0. The van der Waals surface area contributed by atoms with Crippen LogP contribution in [0, 0.1) is 16.7 Å². The number of pyridine rings is 1. The molecule has 6 nitrogen and oxygen atoms in total. The van der Waals surface area contributed by atoms with Gasteiger partial charge in [-0.1, -0.05) is 20.8 Å². The molecule has 156 valence electrons. The summed E-state index contributed by atoms with van der Waals surface area (Å²) < 4.78 is 0. The van der Waals surface area contributed by atoms with Gasteiger partial charge in [-0.3, -0.25) is 10.1 Å². The Morgan fingerprint density at radius 1 is 1.28 bits per heavy atom. The maximum atomic E-state index is 12.4. The number of amides is 1. The van der Waals surface area contributed by atoms with Crippen LogP contribution in [0.2, 0.25) is 0 Å². The SMILES string of the molecule is CC1(C)[C@@H]2CC[C@@]1(C)[C@@H](NC1=NC(=Cc3c[nH]c4ncccc34)C(=O)N1)C2.Cl.Cl. The average Bonchev–Trinajstić information content (AvgIpc) is 3.30. The number of carbonyl (C=O) groups is 1. The fraction of sp³-hybridized carbons (Fsp3) is 0.476. The second kappa shape index (κ2) is 7.33. The second-order valence-electron chi connectivity index (χ2n) is 8.90. The number of aromatic nitrogens is 2. The van der Waals surface area contributed by atoms with Crippen molar-refractivity contribution < 1.29 is 4.79 Å². The Bertz CT molecular complexity index is 1010. The van der Waals surface area contributed by atoms with Gasteiger partial charge in [0, 0.05) is 29.4 Å².